The Balaban J connectivity index is 1.59. The Morgan fingerprint density at radius 2 is 1.88 bits per heavy atom. The van der Waals surface area contributed by atoms with E-state index in [9.17, 15) is 4.39 Å². The van der Waals surface area contributed by atoms with Crippen LogP contribution < -0.4 is 15.4 Å². The van der Waals surface area contributed by atoms with Gasteiger partial charge in [-0.3, -0.25) is 0 Å². The van der Waals surface area contributed by atoms with Gasteiger partial charge >= 0.3 is 0 Å². The van der Waals surface area contributed by atoms with Crippen LogP contribution in [0.1, 0.15) is 24.0 Å². The molecule has 0 atom stereocenters. The van der Waals surface area contributed by atoms with Gasteiger partial charge in [-0.05, 0) is 68.7 Å². The molecule has 1 aliphatic heterocycles. The molecule has 0 unspecified atom stereocenters. The second-order valence-corrected chi connectivity index (χ2v) is 7.44. The van der Waals surface area contributed by atoms with Crippen LogP contribution in [-0.2, 0) is 13.2 Å². The van der Waals surface area contributed by atoms with Crippen molar-refractivity contribution in [3.63, 3.8) is 0 Å². The van der Waals surface area contributed by atoms with E-state index in [0.717, 1.165) is 36.5 Å². The first-order valence-corrected chi connectivity index (χ1v) is 9.64. The lowest BCUT2D eigenvalue weighted by atomic mass is 9.98. The molecule has 26 heavy (non-hydrogen) atoms. The van der Waals surface area contributed by atoms with Crippen LogP contribution in [0.4, 0.5) is 4.39 Å². The summed E-state index contributed by atoms with van der Waals surface area (Å²) in [6, 6.07) is 9.90. The average molecular weight is 397 g/mol. The zero-order valence-corrected chi connectivity index (χ0v) is 16.0. The van der Waals surface area contributed by atoms with Crippen LogP contribution in [0, 0.1) is 11.7 Å². The highest BCUT2D eigenvalue weighted by Crippen LogP contribution is 2.25. The van der Waals surface area contributed by atoms with Crippen molar-refractivity contribution in [2.75, 3.05) is 19.6 Å². The average Bonchev–Trinajstić information content (AvgIpc) is 2.63. The normalized spacial score (nSPS) is 15.2. The van der Waals surface area contributed by atoms with Crippen molar-refractivity contribution < 1.29 is 9.13 Å². The van der Waals surface area contributed by atoms with E-state index in [1.807, 2.05) is 12.1 Å². The largest absolute Gasteiger partial charge is 0.489 e. The molecular weight excluding hydrogens is 374 g/mol. The van der Waals surface area contributed by atoms with Gasteiger partial charge in [-0.2, -0.15) is 0 Å². The molecular formula is C20H23Cl2FN2O. The third-order valence-electron chi connectivity index (χ3n) is 4.63. The minimum atomic E-state index is -0.354. The summed E-state index contributed by atoms with van der Waals surface area (Å²) in [6.45, 7) is 4.14. The molecule has 0 saturated carbocycles. The lowest BCUT2D eigenvalue weighted by molar-refractivity contribution is 0.300. The predicted octanol–water partition coefficient (Wildman–Crippen LogP) is 4.80. The third kappa shape index (κ3) is 5.58. The first-order valence-electron chi connectivity index (χ1n) is 8.88. The Labute approximate surface area is 163 Å². The lowest BCUT2D eigenvalue weighted by Crippen LogP contribution is -2.33. The first kappa shape index (κ1) is 19.4. The van der Waals surface area contributed by atoms with Crippen molar-refractivity contribution in [3.8, 4) is 5.75 Å². The lowest BCUT2D eigenvalue weighted by Gasteiger charge is -2.23. The molecule has 1 saturated heterocycles. The van der Waals surface area contributed by atoms with E-state index in [2.05, 4.69) is 10.6 Å². The molecule has 2 aromatic rings. The highest BCUT2D eigenvalue weighted by atomic mass is 35.5. The van der Waals surface area contributed by atoms with E-state index < -0.39 is 0 Å². The summed E-state index contributed by atoms with van der Waals surface area (Å²) in [4.78, 5) is 0. The maximum Gasteiger partial charge on any atom is 0.124 e. The van der Waals surface area contributed by atoms with Crippen molar-refractivity contribution in [3.05, 3.63) is 63.4 Å². The molecule has 0 radical (unpaired) electrons. The summed E-state index contributed by atoms with van der Waals surface area (Å²) in [7, 11) is 0. The summed E-state index contributed by atoms with van der Waals surface area (Å²) >= 11 is 12.2. The Hall–Kier alpha value is -1.33. The second kappa shape index (κ2) is 9.56. The van der Waals surface area contributed by atoms with E-state index >= 15 is 0 Å². The van der Waals surface area contributed by atoms with Crippen LogP contribution in [0.15, 0.2) is 36.4 Å². The van der Waals surface area contributed by atoms with E-state index in [1.54, 1.807) is 12.1 Å². The molecule has 2 N–H and O–H groups in total. The molecule has 1 fully saturated rings. The van der Waals surface area contributed by atoms with Crippen LogP contribution in [-0.4, -0.2) is 19.6 Å². The van der Waals surface area contributed by atoms with Crippen LogP contribution in [0.2, 0.25) is 10.0 Å². The molecule has 0 aromatic heterocycles. The highest BCUT2D eigenvalue weighted by molar-refractivity contribution is 6.31. The van der Waals surface area contributed by atoms with E-state index in [0.29, 0.717) is 22.5 Å². The molecule has 3 nitrogen and oxygen atoms in total. The molecule has 0 bridgehead atoms. The number of piperidine rings is 1. The molecule has 0 aliphatic carbocycles. The molecule has 140 valence electrons. The molecule has 0 amide bonds. The number of hydrogen-bond donors (Lipinski definition) is 2. The van der Waals surface area contributed by atoms with Gasteiger partial charge in [0, 0.05) is 22.7 Å². The molecule has 6 heteroatoms. The van der Waals surface area contributed by atoms with E-state index in [-0.39, 0.29) is 12.4 Å². The monoisotopic (exact) mass is 396 g/mol. The molecule has 3 rings (SSSR count). The van der Waals surface area contributed by atoms with Gasteiger partial charge in [-0.25, -0.2) is 4.39 Å². The first-order chi connectivity index (χ1) is 12.6. The molecule has 1 aliphatic rings. The zero-order chi connectivity index (χ0) is 18.4. The van der Waals surface area contributed by atoms with E-state index in [1.165, 1.54) is 25.0 Å². The highest BCUT2D eigenvalue weighted by Gasteiger charge is 2.13. The van der Waals surface area contributed by atoms with E-state index in [4.69, 9.17) is 27.9 Å². The fraction of sp³-hybridized carbons (Fsp3) is 0.400. The van der Waals surface area contributed by atoms with Gasteiger partial charge in [0.2, 0.25) is 0 Å². The standard InChI is InChI=1S/C20H23Cl2FN2O/c21-17-2-4-20(26-13-15-1-3-18(23)10-19(15)22)16(9-17)12-25-11-14-5-7-24-8-6-14/h1-4,9-10,14,24-25H,5-8,11-13H2. The van der Waals surface area contributed by atoms with Crippen molar-refractivity contribution in [1.29, 1.82) is 0 Å². The van der Waals surface area contributed by atoms with Gasteiger partial charge in [0.15, 0.2) is 0 Å². The predicted molar refractivity (Wildman–Crippen MR) is 104 cm³/mol. The van der Waals surface area contributed by atoms with Gasteiger partial charge in [0.05, 0.1) is 5.02 Å². The zero-order valence-electron chi connectivity index (χ0n) is 14.5. The third-order valence-corrected chi connectivity index (χ3v) is 5.21. The van der Waals surface area contributed by atoms with Crippen molar-refractivity contribution in [2.45, 2.75) is 26.0 Å². The maximum atomic E-state index is 13.2. The summed E-state index contributed by atoms with van der Waals surface area (Å²) in [6.07, 6.45) is 2.41. The van der Waals surface area contributed by atoms with Gasteiger partial charge in [0.1, 0.15) is 18.2 Å². The molecule has 1 heterocycles. The number of hydrogen-bond acceptors (Lipinski definition) is 3. The number of halogens is 3. The Bertz CT molecular complexity index is 736. The molecule has 2 aromatic carbocycles. The number of rotatable bonds is 7. The fourth-order valence-electron chi connectivity index (χ4n) is 3.12. The number of benzene rings is 2. The number of ether oxygens (including phenoxy) is 1. The van der Waals surface area contributed by atoms with Gasteiger partial charge < -0.3 is 15.4 Å². The minimum absolute atomic E-state index is 0.280. The summed E-state index contributed by atoms with van der Waals surface area (Å²) < 4.78 is 19.1. The fourth-order valence-corrected chi connectivity index (χ4v) is 3.53. The van der Waals surface area contributed by atoms with Crippen molar-refractivity contribution in [1.82, 2.24) is 10.6 Å². The minimum Gasteiger partial charge on any atom is -0.489 e. The summed E-state index contributed by atoms with van der Waals surface area (Å²) in [5, 5.41) is 7.94. The van der Waals surface area contributed by atoms with Gasteiger partial charge in [0.25, 0.3) is 0 Å². The van der Waals surface area contributed by atoms with Crippen LogP contribution in [0.3, 0.4) is 0 Å². The smallest absolute Gasteiger partial charge is 0.124 e. The second-order valence-electron chi connectivity index (χ2n) is 6.60. The molecule has 0 spiro atoms. The van der Waals surface area contributed by atoms with Crippen LogP contribution in [0.5, 0.6) is 5.75 Å². The van der Waals surface area contributed by atoms with Gasteiger partial charge in [-0.1, -0.05) is 29.3 Å². The maximum absolute atomic E-state index is 13.2. The van der Waals surface area contributed by atoms with Crippen molar-refractivity contribution in [2.24, 2.45) is 5.92 Å². The van der Waals surface area contributed by atoms with Gasteiger partial charge in [-0.15, -0.1) is 0 Å². The SMILES string of the molecule is Fc1ccc(COc2ccc(Cl)cc2CNCC2CCNCC2)c(Cl)c1. The topological polar surface area (TPSA) is 33.3 Å². The Morgan fingerprint density at radius 3 is 2.65 bits per heavy atom. The summed E-state index contributed by atoms with van der Waals surface area (Å²) in [5.74, 6) is 1.11. The van der Waals surface area contributed by atoms with Crippen LogP contribution in [0.25, 0.3) is 0 Å². The summed E-state index contributed by atoms with van der Waals surface area (Å²) in [5.41, 5.74) is 1.75. The van der Waals surface area contributed by atoms with Crippen LogP contribution >= 0.6 is 23.2 Å². The number of nitrogens with one attached hydrogen (secondary N) is 2. The Morgan fingerprint density at radius 1 is 1.08 bits per heavy atom. The quantitative estimate of drug-likeness (QED) is 0.704. The Kier molecular flexibility index (Phi) is 7.15. The van der Waals surface area contributed by atoms with Crippen molar-refractivity contribution >= 4 is 23.2 Å².